The number of benzene rings is 4. The summed E-state index contributed by atoms with van der Waals surface area (Å²) >= 11 is 0. The summed E-state index contributed by atoms with van der Waals surface area (Å²) in [5.74, 6) is 0. The zero-order valence-electron chi connectivity index (χ0n) is 19.4. The lowest BCUT2D eigenvalue weighted by atomic mass is 9.80. The maximum absolute atomic E-state index is 2.84. The number of piperazine rings is 1. The number of rotatable bonds is 4. The fraction of sp³-hybridized carbons (Fsp3) is 0.250. The van der Waals surface area contributed by atoms with Crippen molar-refractivity contribution in [3.63, 3.8) is 0 Å². The van der Waals surface area contributed by atoms with Gasteiger partial charge in [-0.2, -0.15) is 0 Å². The van der Waals surface area contributed by atoms with E-state index < -0.39 is 0 Å². The quantitative estimate of drug-likeness (QED) is 0.322. The molecule has 2 spiro atoms. The summed E-state index contributed by atoms with van der Waals surface area (Å²) in [4.78, 5) is 5.68. The molecular formula is C32H30N2. The summed E-state index contributed by atoms with van der Waals surface area (Å²) in [5.41, 5.74) is 5.73. The van der Waals surface area contributed by atoms with Gasteiger partial charge in [0.15, 0.2) is 0 Å². The maximum Gasteiger partial charge on any atom is 0.0781 e. The molecule has 2 heteroatoms. The standard InChI is InChI=1S/C32H30N2/c1-5-13-25(14-6-1)29-31(21-22-31)34(28-19-11-4-12-20-28)30(26-15-7-2-8-16-26)32(23-24-32)33(29)27-17-9-3-10-18-27/h1-20,29-30H,21-24H2. The lowest BCUT2D eigenvalue weighted by Gasteiger charge is -2.60. The van der Waals surface area contributed by atoms with Crippen LogP contribution >= 0.6 is 0 Å². The molecule has 0 bridgehead atoms. The Hall–Kier alpha value is -3.52. The van der Waals surface area contributed by atoms with Crippen molar-refractivity contribution in [1.82, 2.24) is 0 Å². The first kappa shape index (κ1) is 19.9. The summed E-state index contributed by atoms with van der Waals surface area (Å²) in [6, 6.07) is 45.6. The fourth-order valence-electron chi connectivity index (χ4n) is 6.72. The van der Waals surface area contributed by atoms with E-state index in [-0.39, 0.29) is 11.1 Å². The van der Waals surface area contributed by atoms with Crippen molar-refractivity contribution >= 4 is 11.4 Å². The van der Waals surface area contributed by atoms with Crippen LogP contribution in [0.2, 0.25) is 0 Å². The van der Waals surface area contributed by atoms with Gasteiger partial charge in [0.05, 0.1) is 23.2 Å². The molecule has 2 atom stereocenters. The van der Waals surface area contributed by atoms with Crippen molar-refractivity contribution in [3.05, 3.63) is 132 Å². The molecule has 34 heavy (non-hydrogen) atoms. The molecule has 2 unspecified atom stereocenters. The summed E-state index contributed by atoms with van der Waals surface area (Å²) in [5, 5.41) is 0. The second kappa shape index (κ2) is 7.50. The van der Waals surface area contributed by atoms with Crippen LogP contribution in [0.25, 0.3) is 0 Å². The molecule has 3 fully saturated rings. The minimum atomic E-state index is 0.0763. The zero-order chi connectivity index (χ0) is 22.6. The van der Waals surface area contributed by atoms with Crippen LogP contribution in [0.3, 0.4) is 0 Å². The molecule has 2 saturated carbocycles. The minimum Gasteiger partial charge on any atom is -0.354 e. The lowest BCUT2D eigenvalue weighted by Crippen LogP contribution is -2.64. The Morgan fingerprint density at radius 2 is 0.706 bits per heavy atom. The molecule has 168 valence electrons. The van der Waals surface area contributed by atoms with E-state index in [1.54, 1.807) is 0 Å². The van der Waals surface area contributed by atoms with Gasteiger partial charge >= 0.3 is 0 Å². The highest BCUT2D eigenvalue weighted by Gasteiger charge is 2.71. The highest BCUT2D eigenvalue weighted by Crippen LogP contribution is 2.70. The molecule has 0 N–H and O–H groups in total. The van der Waals surface area contributed by atoms with E-state index >= 15 is 0 Å². The Balaban J connectivity index is 1.51. The number of hydrogen-bond donors (Lipinski definition) is 0. The third kappa shape index (κ3) is 2.88. The topological polar surface area (TPSA) is 6.48 Å². The highest BCUT2D eigenvalue weighted by atomic mass is 15.4. The van der Waals surface area contributed by atoms with Gasteiger partial charge in [-0.25, -0.2) is 0 Å². The monoisotopic (exact) mass is 442 g/mol. The Kier molecular flexibility index (Phi) is 4.39. The predicted molar refractivity (Wildman–Crippen MR) is 140 cm³/mol. The average molecular weight is 443 g/mol. The van der Waals surface area contributed by atoms with Gasteiger partial charge in [0.25, 0.3) is 0 Å². The largest absolute Gasteiger partial charge is 0.354 e. The van der Waals surface area contributed by atoms with E-state index in [1.807, 2.05) is 0 Å². The van der Waals surface area contributed by atoms with Gasteiger partial charge in [-0.3, -0.25) is 0 Å². The molecule has 2 aliphatic carbocycles. The number of nitrogens with zero attached hydrogens (tertiary/aromatic N) is 2. The molecule has 2 nitrogen and oxygen atoms in total. The first-order valence-corrected chi connectivity index (χ1v) is 12.6. The highest BCUT2D eigenvalue weighted by molar-refractivity contribution is 5.67. The second-order valence-electron chi connectivity index (χ2n) is 10.2. The predicted octanol–water partition coefficient (Wildman–Crippen LogP) is 7.56. The van der Waals surface area contributed by atoms with Gasteiger partial charge in [-0.05, 0) is 61.1 Å². The molecule has 3 aliphatic rings. The molecule has 0 aromatic heterocycles. The van der Waals surface area contributed by atoms with Gasteiger partial charge in [0.1, 0.15) is 0 Å². The van der Waals surface area contributed by atoms with Crippen LogP contribution < -0.4 is 9.80 Å². The van der Waals surface area contributed by atoms with Crippen molar-refractivity contribution in [1.29, 1.82) is 0 Å². The van der Waals surface area contributed by atoms with E-state index in [0.717, 1.165) is 0 Å². The maximum atomic E-state index is 2.84. The normalized spacial score (nSPS) is 23.8. The first-order valence-electron chi connectivity index (χ1n) is 12.6. The van der Waals surface area contributed by atoms with Crippen molar-refractivity contribution in [2.45, 2.75) is 48.8 Å². The smallest absolute Gasteiger partial charge is 0.0781 e. The van der Waals surface area contributed by atoms with Crippen LogP contribution in [0.5, 0.6) is 0 Å². The minimum absolute atomic E-state index is 0.0763. The lowest BCUT2D eigenvalue weighted by molar-refractivity contribution is 0.275. The molecular weight excluding hydrogens is 412 g/mol. The van der Waals surface area contributed by atoms with Crippen molar-refractivity contribution in [2.24, 2.45) is 0 Å². The van der Waals surface area contributed by atoms with Gasteiger partial charge in [-0.1, -0.05) is 97.1 Å². The summed E-state index contributed by atoms with van der Waals surface area (Å²) in [6.45, 7) is 0. The molecule has 7 rings (SSSR count). The molecule has 0 radical (unpaired) electrons. The first-order chi connectivity index (χ1) is 16.8. The Morgan fingerprint density at radius 1 is 0.412 bits per heavy atom. The van der Waals surface area contributed by atoms with E-state index in [9.17, 15) is 0 Å². The fourth-order valence-corrected chi connectivity index (χ4v) is 6.72. The second-order valence-corrected chi connectivity index (χ2v) is 10.2. The molecule has 0 amide bonds. The Morgan fingerprint density at radius 3 is 1.00 bits per heavy atom. The van der Waals surface area contributed by atoms with Crippen LogP contribution in [-0.2, 0) is 0 Å². The van der Waals surface area contributed by atoms with Gasteiger partial charge in [0.2, 0.25) is 0 Å². The third-order valence-corrected chi connectivity index (χ3v) is 8.32. The summed E-state index contributed by atoms with van der Waals surface area (Å²) in [6.07, 6.45) is 4.85. The van der Waals surface area contributed by atoms with E-state index in [1.165, 1.54) is 48.2 Å². The van der Waals surface area contributed by atoms with Crippen LogP contribution in [0, 0.1) is 0 Å². The third-order valence-electron chi connectivity index (χ3n) is 8.32. The Labute approximate surface area is 202 Å². The number of hydrogen-bond acceptors (Lipinski definition) is 2. The molecule has 1 aliphatic heterocycles. The average Bonchev–Trinajstić information content (AvgIpc) is 3.84. The van der Waals surface area contributed by atoms with Crippen LogP contribution in [-0.4, -0.2) is 11.1 Å². The molecule has 1 heterocycles. The van der Waals surface area contributed by atoms with Gasteiger partial charge in [-0.15, -0.1) is 0 Å². The number of anilines is 2. The van der Waals surface area contributed by atoms with E-state index in [2.05, 4.69) is 131 Å². The molecule has 1 saturated heterocycles. The summed E-state index contributed by atoms with van der Waals surface area (Å²) < 4.78 is 0. The van der Waals surface area contributed by atoms with E-state index in [4.69, 9.17) is 0 Å². The summed E-state index contributed by atoms with van der Waals surface area (Å²) in [7, 11) is 0. The van der Waals surface area contributed by atoms with Crippen molar-refractivity contribution in [3.8, 4) is 0 Å². The van der Waals surface area contributed by atoms with Crippen molar-refractivity contribution < 1.29 is 0 Å². The van der Waals surface area contributed by atoms with Gasteiger partial charge < -0.3 is 9.80 Å². The number of para-hydroxylation sites is 2. The SMILES string of the molecule is c1ccc(C2N(c3ccccc3)C3(CC3)C(c3ccccc3)N(c3ccccc3)C23CC3)cc1. The molecule has 4 aromatic rings. The Bertz CT molecular complexity index is 1060. The van der Waals surface area contributed by atoms with Gasteiger partial charge in [0, 0.05) is 11.4 Å². The zero-order valence-corrected chi connectivity index (χ0v) is 19.4. The van der Waals surface area contributed by atoms with Crippen molar-refractivity contribution in [2.75, 3.05) is 9.80 Å². The molecule has 4 aromatic carbocycles. The van der Waals surface area contributed by atoms with Crippen LogP contribution in [0.4, 0.5) is 11.4 Å². The van der Waals surface area contributed by atoms with E-state index in [0.29, 0.717) is 12.1 Å². The van der Waals surface area contributed by atoms with Crippen LogP contribution in [0.1, 0.15) is 48.9 Å². The van der Waals surface area contributed by atoms with Crippen LogP contribution in [0.15, 0.2) is 121 Å².